The number of hydrogen-bond acceptors (Lipinski definition) is 2. The lowest BCUT2D eigenvalue weighted by Crippen LogP contribution is -2.40. The predicted octanol–water partition coefficient (Wildman–Crippen LogP) is 2.79. The Morgan fingerprint density at radius 1 is 1.44 bits per heavy atom. The zero-order valence-corrected chi connectivity index (χ0v) is 11.7. The monoisotopic (exact) mass is 331 g/mol. The van der Waals surface area contributed by atoms with Crippen LogP contribution in [-0.4, -0.2) is 34.5 Å². The minimum atomic E-state index is -0.955. The first kappa shape index (κ1) is 13.4. The van der Waals surface area contributed by atoms with Crippen LogP contribution in [0.4, 0.5) is 0 Å². The molecule has 1 aromatic rings. The van der Waals surface area contributed by atoms with Gasteiger partial charge in [-0.3, -0.25) is 4.79 Å². The van der Waals surface area contributed by atoms with Crippen molar-refractivity contribution >= 4 is 39.4 Å². The summed E-state index contributed by atoms with van der Waals surface area (Å²) in [6.07, 6.45) is 1.22. The van der Waals surface area contributed by atoms with Crippen LogP contribution in [-0.2, 0) is 4.79 Å². The van der Waals surface area contributed by atoms with Crippen molar-refractivity contribution in [2.45, 2.75) is 18.9 Å². The highest BCUT2D eigenvalue weighted by Crippen LogP contribution is 2.26. The number of amides is 1. The molecule has 1 aromatic carbocycles. The Bertz CT molecular complexity index is 506. The Morgan fingerprint density at radius 3 is 2.78 bits per heavy atom. The van der Waals surface area contributed by atoms with Crippen molar-refractivity contribution in [1.82, 2.24) is 4.90 Å². The summed E-state index contributed by atoms with van der Waals surface area (Å²) in [5.74, 6) is -1.24. The third-order valence-electron chi connectivity index (χ3n) is 2.97. The summed E-state index contributed by atoms with van der Waals surface area (Å²) in [6.45, 7) is 0.476. The number of benzene rings is 1. The third-order valence-corrected chi connectivity index (χ3v) is 4.20. The fourth-order valence-corrected chi connectivity index (χ4v) is 2.49. The number of hydrogen-bond donors (Lipinski definition) is 1. The summed E-state index contributed by atoms with van der Waals surface area (Å²) in [5.41, 5.74) is 0.413. The summed E-state index contributed by atoms with van der Waals surface area (Å²) < 4.78 is 0.705. The Morgan fingerprint density at radius 2 is 2.17 bits per heavy atom. The van der Waals surface area contributed by atoms with Crippen molar-refractivity contribution in [3.63, 3.8) is 0 Å². The van der Waals surface area contributed by atoms with Gasteiger partial charge in [-0.15, -0.1) is 0 Å². The van der Waals surface area contributed by atoms with Crippen LogP contribution in [0.1, 0.15) is 23.2 Å². The van der Waals surface area contributed by atoms with Gasteiger partial charge < -0.3 is 10.0 Å². The minimum Gasteiger partial charge on any atom is -0.480 e. The van der Waals surface area contributed by atoms with E-state index in [1.165, 1.54) is 4.90 Å². The molecule has 6 heteroatoms. The van der Waals surface area contributed by atoms with Gasteiger partial charge in [-0.25, -0.2) is 4.79 Å². The first-order valence-corrected chi connectivity index (χ1v) is 6.66. The highest BCUT2D eigenvalue weighted by Gasteiger charge is 2.34. The molecule has 1 atom stereocenters. The van der Waals surface area contributed by atoms with E-state index in [4.69, 9.17) is 16.7 Å². The molecule has 0 spiro atoms. The van der Waals surface area contributed by atoms with Crippen LogP contribution in [0.3, 0.4) is 0 Å². The molecular formula is C12H11BrClNO3. The molecule has 1 fully saturated rings. The molecule has 0 radical (unpaired) electrons. The average Bonchev–Trinajstić information content (AvgIpc) is 2.81. The second kappa shape index (κ2) is 5.28. The fourth-order valence-electron chi connectivity index (χ4n) is 2.06. The number of likely N-dealkylation sites (tertiary alicyclic amines) is 1. The third kappa shape index (κ3) is 2.52. The summed E-state index contributed by atoms with van der Waals surface area (Å²) in [7, 11) is 0. The van der Waals surface area contributed by atoms with E-state index in [-0.39, 0.29) is 5.91 Å². The molecule has 96 valence electrons. The number of rotatable bonds is 2. The van der Waals surface area contributed by atoms with Gasteiger partial charge in [-0.05, 0) is 47.0 Å². The summed E-state index contributed by atoms with van der Waals surface area (Å²) in [5, 5.41) is 9.49. The molecule has 0 bridgehead atoms. The Kier molecular flexibility index (Phi) is 3.92. The Hall–Kier alpha value is -1.07. The van der Waals surface area contributed by atoms with E-state index < -0.39 is 12.0 Å². The van der Waals surface area contributed by atoms with Gasteiger partial charge in [0.1, 0.15) is 6.04 Å². The summed E-state index contributed by atoms with van der Waals surface area (Å²) >= 11 is 9.18. The predicted molar refractivity (Wildman–Crippen MR) is 70.8 cm³/mol. The van der Waals surface area contributed by atoms with E-state index in [0.717, 1.165) is 0 Å². The maximum atomic E-state index is 12.2. The van der Waals surface area contributed by atoms with Gasteiger partial charge in [0.2, 0.25) is 0 Å². The van der Waals surface area contributed by atoms with Crippen LogP contribution in [0.25, 0.3) is 0 Å². The number of carboxylic acid groups (broad SMARTS) is 1. The van der Waals surface area contributed by atoms with Gasteiger partial charge in [-0.2, -0.15) is 0 Å². The van der Waals surface area contributed by atoms with Crippen molar-refractivity contribution in [2.24, 2.45) is 0 Å². The quantitative estimate of drug-likeness (QED) is 0.906. The minimum absolute atomic E-state index is 0.283. The first-order chi connectivity index (χ1) is 8.50. The van der Waals surface area contributed by atoms with Crippen LogP contribution in [0.15, 0.2) is 22.7 Å². The van der Waals surface area contributed by atoms with Crippen molar-refractivity contribution in [1.29, 1.82) is 0 Å². The van der Waals surface area contributed by atoms with E-state index in [9.17, 15) is 9.59 Å². The molecule has 1 aliphatic rings. The van der Waals surface area contributed by atoms with Crippen LogP contribution < -0.4 is 0 Å². The lowest BCUT2D eigenvalue weighted by atomic mass is 10.1. The second-order valence-electron chi connectivity index (χ2n) is 4.12. The molecule has 0 aliphatic carbocycles. The van der Waals surface area contributed by atoms with Gasteiger partial charge in [-0.1, -0.05) is 11.6 Å². The van der Waals surface area contributed by atoms with Gasteiger partial charge in [0.25, 0.3) is 5.91 Å². The van der Waals surface area contributed by atoms with Gasteiger partial charge in [0, 0.05) is 16.6 Å². The Labute approximate surface area is 118 Å². The average molecular weight is 333 g/mol. The van der Waals surface area contributed by atoms with Crippen molar-refractivity contribution in [3.8, 4) is 0 Å². The zero-order valence-electron chi connectivity index (χ0n) is 9.40. The van der Waals surface area contributed by atoms with Crippen LogP contribution in [0.2, 0.25) is 5.02 Å². The van der Waals surface area contributed by atoms with Crippen molar-refractivity contribution in [2.75, 3.05) is 6.54 Å². The molecule has 1 N–H and O–H groups in total. The van der Waals surface area contributed by atoms with Crippen molar-refractivity contribution in [3.05, 3.63) is 33.3 Å². The number of carbonyl (C=O) groups excluding carboxylic acids is 1. The van der Waals surface area contributed by atoms with Crippen LogP contribution >= 0.6 is 27.5 Å². The maximum Gasteiger partial charge on any atom is 0.326 e. The first-order valence-electron chi connectivity index (χ1n) is 5.49. The molecule has 1 unspecified atom stereocenters. The van der Waals surface area contributed by atoms with Crippen LogP contribution in [0.5, 0.6) is 0 Å². The van der Waals surface area contributed by atoms with Gasteiger partial charge >= 0.3 is 5.97 Å². The normalized spacial score (nSPS) is 19.0. The van der Waals surface area contributed by atoms with E-state index in [1.54, 1.807) is 18.2 Å². The second-order valence-corrected chi connectivity index (χ2v) is 5.39. The number of halogens is 2. The molecule has 2 rings (SSSR count). The van der Waals surface area contributed by atoms with Crippen molar-refractivity contribution < 1.29 is 14.7 Å². The Balaban J connectivity index is 2.25. The van der Waals surface area contributed by atoms with E-state index in [0.29, 0.717) is 34.4 Å². The highest BCUT2D eigenvalue weighted by atomic mass is 79.9. The topological polar surface area (TPSA) is 57.6 Å². The molecule has 1 amide bonds. The van der Waals surface area contributed by atoms with E-state index in [1.807, 2.05) is 0 Å². The molecule has 0 aromatic heterocycles. The lowest BCUT2D eigenvalue weighted by Gasteiger charge is -2.21. The van der Waals surface area contributed by atoms with Crippen LogP contribution in [0, 0.1) is 0 Å². The standard InChI is InChI=1S/C12H11BrClNO3/c13-8-4-3-7(6-9(8)14)11(16)15-5-1-2-10(15)12(17)18/h3-4,6,10H,1-2,5H2,(H,17,18). The molecule has 0 saturated carbocycles. The molecular weight excluding hydrogens is 321 g/mol. The number of nitrogens with zero attached hydrogens (tertiary/aromatic N) is 1. The molecule has 1 saturated heterocycles. The highest BCUT2D eigenvalue weighted by molar-refractivity contribution is 9.10. The summed E-state index contributed by atoms with van der Waals surface area (Å²) in [4.78, 5) is 24.6. The lowest BCUT2D eigenvalue weighted by molar-refractivity contribution is -0.141. The molecule has 18 heavy (non-hydrogen) atoms. The largest absolute Gasteiger partial charge is 0.480 e. The smallest absolute Gasteiger partial charge is 0.326 e. The molecule has 4 nitrogen and oxygen atoms in total. The fraction of sp³-hybridized carbons (Fsp3) is 0.333. The van der Waals surface area contributed by atoms with Gasteiger partial charge in [0.15, 0.2) is 0 Å². The molecule has 1 heterocycles. The van der Waals surface area contributed by atoms with E-state index in [2.05, 4.69) is 15.9 Å². The summed E-state index contributed by atoms with van der Waals surface area (Å²) in [6, 6.07) is 4.14. The van der Waals surface area contributed by atoms with E-state index >= 15 is 0 Å². The number of carbonyl (C=O) groups is 2. The zero-order chi connectivity index (χ0) is 13.3. The van der Waals surface area contributed by atoms with Gasteiger partial charge in [0.05, 0.1) is 5.02 Å². The number of carboxylic acids is 1. The SMILES string of the molecule is O=C(O)C1CCCN1C(=O)c1ccc(Br)c(Cl)c1. The number of aliphatic carboxylic acids is 1. The maximum absolute atomic E-state index is 12.2. The molecule has 1 aliphatic heterocycles.